The Morgan fingerprint density at radius 2 is 1.49 bits per heavy atom. The second kappa shape index (κ2) is 9.66. The SMILES string of the molecule is Cc1ccc(-c2nn(-c3ccccc3)cc2-c2cc(-c3ccccc3)nn2-c2nc3ccc(Cl)cc3s2)cc1. The molecule has 0 N–H and O–H groups in total. The summed E-state index contributed by atoms with van der Waals surface area (Å²) in [6.07, 6.45) is 2.08. The van der Waals surface area contributed by atoms with Gasteiger partial charge in [-0.15, -0.1) is 0 Å². The van der Waals surface area contributed by atoms with Crippen LogP contribution in [-0.4, -0.2) is 24.5 Å². The summed E-state index contributed by atoms with van der Waals surface area (Å²) in [5.74, 6) is 0. The molecule has 0 saturated carbocycles. The maximum absolute atomic E-state index is 6.29. The third-order valence-corrected chi connectivity index (χ3v) is 7.86. The Bertz CT molecular complexity index is 1920. The van der Waals surface area contributed by atoms with E-state index in [0.29, 0.717) is 5.02 Å². The van der Waals surface area contributed by atoms with Gasteiger partial charge in [0.15, 0.2) is 0 Å². The van der Waals surface area contributed by atoms with Crippen molar-refractivity contribution in [2.45, 2.75) is 6.92 Å². The van der Waals surface area contributed by atoms with E-state index in [-0.39, 0.29) is 0 Å². The van der Waals surface area contributed by atoms with Crippen LogP contribution < -0.4 is 0 Å². The van der Waals surface area contributed by atoms with Gasteiger partial charge in [-0.2, -0.15) is 10.2 Å². The van der Waals surface area contributed by atoms with Gasteiger partial charge in [0.05, 0.1) is 27.3 Å². The van der Waals surface area contributed by atoms with Gasteiger partial charge in [-0.1, -0.05) is 101 Å². The first-order chi connectivity index (χ1) is 19.1. The molecule has 7 aromatic rings. The summed E-state index contributed by atoms with van der Waals surface area (Å²) in [6, 6.07) is 36.7. The van der Waals surface area contributed by atoms with Crippen LogP contribution in [0.15, 0.2) is 115 Å². The van der Waals surface area contributed by atoms with Gasteiger partial charge in [0, 0.05) is 27.9 Å². The number of benzene rings is 4. The fourth-order valence-electron chi connectivity index (χ4n) is 4.64. The minimum absolute atomic E-state index is 0.689. The van der Waals surface area contributed by atoms with Crippen LogP contribution >= 0.6 is 22.9 Å². The quantitative estimate of drug-likeness (QED) is 0.218. The molecule has 188 valence electrons. The Hall–Kier alpha value is -4.52. The van der Waals surface area contributed by atoms with Crippen LogP contribution in [0.4, 0.5) is 0 Å². The van der Waals surface area contributed by atoms with Crippen molar-refractivity contribution >= 4 is 33.2 Å². The minimum atomic E-state index is 0.689. The van der Waals surface area contributed by atoms with Gasteiger partial charge in [0.1, 0.15) is 5.69 Å². The van der Waals surface area contributed by atoms with Gasteiger partial charge in [-0.3, -0.25) is 0 Å². The molecular formula is C32H22ClN5S. The van der Waals surface area contributed by atoms with E-state index in [1.807, 2.05) is 64.0 Å². The van der Waals surface area contributed by atoms with E-state index in [0.717, 1.165) is 54.8 Å². The number of halogens is 1. The topological polar surface area (TPSA) is 48.5 Å². The van der Waals surface area contributed by atoms with Gasteiger partial charge in [-0.05, 0) is 43.3 Å². The Morgan fingerprint density at radius 1 is 0.744 bits per heavy atom. The van der Waals surface area contributed by atoms with Gasteiger partial charge in [-0.25, -0.2) is 14.3 Å². The van der Waals surface area contributed by atoms with E-state index < -0.39 is 0 Å². The van der Waals surface area contributed by atoms with Gasteiger partial charge in [0.2, 0.25) is 5.13 Å². The molecule has 0 atom stereocenters. The van der Waals surface area contributed by atoms with Crippen LogP contribution in [0.2, 0.25) is 5.02 Å². The first kappa shape index (κ1) is 23.6. The monoisotopic (exact) mass is 543 g/mol. The highest BCUT2D eigenvalue weighted by molar-refractivity contribution is 7.20. The number of thiazole rings is 1. The lowest BCUT2D eigenvalue weighted by molar-refractivity contribution is 0.879. The molecule has 0 amide bonds. The average molecular weight is 544 g/mol. The predicted molar refractivity (Wildman–Crippen MR) is 160 cm³/mol. The third kappa shape index (κ3) is 4.44. The predicted octanol–water partition coefficient (Wildman–Crippen LogP) is 8.63. The van der Waals surface area contributed by atoms with E-state index in [4.69, 9.17) is 26.8 Å². The number of rotatable bonds is 5. The van der Waals surface area contributed by atoms with Crippen molar-refractivity contribution in [1.82, 2.24) is 24.5 Å². The number of para-hydroxylation sites is 1. The highest BCUT2D eigenvalue weighted by Gasteiger charge is 2.22. The standard InChI is InChI=1S/C32H22ClN5S/c1-21-12-14-23(15-13-21)31-26(20-37(36-31)25-10-6-3-7-11-25)29-19-28(22-8-4-2-5-9-22)35-38(29)32-34-27-17-16-24(33)18-30(27)39-32/h2-20H,1H3. The third-order valence-electron chi connectivity index (χ3n) is 6.64. The summed E-state index contributed by atoms with van der Waals surface area (Å²) in [6.45, 7) is 2.09. The lowest BCUT2D eigenvalue weighted by atomic mass is 10.0. The van der Waals surface area contributed by atoms with Crippen molar-refractivity contribution in [3.63, 3.8) is 0 Å². The Kier molecular flexibility index (Phi) is 5.84. The van der Waals surface area contributed by atoms with Crippen LogP contribution in [0.5, 0.6) is 0 Å². The molecule has 4 aromatic carbocycles. The van der Waals surface area contributed by atoms with Crippen LogP contribution in [0.1, 0.15) is 5.56 Å². The first-order valence-corrected chi connectivity index (χ1v) is 13.8. The number of hydrogen-bond donors (Lipinski definition) is 0. The molecular weight excluding hydrogens is 522 g/mol. The highest BCUT2D eigenvalue weighted by atomic mass is 35.5. The normalized spacial score (nSPS) is 11.3. The Morgan fingerprint density at radius 3 is 2.26 bits per heavy atom. The second-order valence-electron chi connectivity index (χ2n) is 9.34. The zero-order chi connectivity index (χ0) is 26.3. The summed E-state index contributed by atoms with van der Waals surface area (Å²) >= 11 is 7.86. The molecule has 0 bridgehead atoms. The summed E-state index contributed by atoms with van der Waals surface area (Å²) in [5.41, 5.74) is 8.78. The van der Waals surface area contributed by atoms with Gasteiger partial charge in [0.25, 0.3) is 0 Å². The van der Waals surface area contributed by atoms with Crippen molar-refractivity contribution in [3.8, 4) is 44.6 Å². The van der Waals surface area contributed by atoms with Crippen molar-refractivity contribution in [1.29, 1.82) is 0 Å². The lowest BCUT2D eigenvalue weighted by Crippen LogP contribution is -1.99. The molecule has 0 aliphatic heterocycles. The van der Waals surface area contributed by atoms with Gasteiger partial charge >= 0.3 is 0 Å². The van der Waals surface area contributed by atoms with Crippen molar-refractivity contribution < 1.29 is 0 Å². The molecule has 3 heterocycles. The number of nitrogens with zero attached hydrogens (tertiary/aromatic N) is 5. The molecule has 39 heavy (non-hydrogen) atoms. The van der Waals surface area contributed by atoms with E-state index in [9.17, 15) is 0 Å². The summed E-state index contributed by atoms with van der Waals surface area (Å²) in [7, 11) is 0. The molecule has 0 aliphatic rings. The number of aromatic nitrogens is 5. The van der Waals surface area contributed by atoms with Crippen molar-refractivity contribution in [3.05, 3.63) is 126 Å². The molecule has 7 rings (SSSR count). The average Bonchev–Trinajstić information content (AvgIpc) is 3.71. The van der Waals surface area contributed by atoms with Crippen molar-refractivity contribution in [2.75, 3.05) is 0 Å². The van der Waals surface area contributed by atoms with Crippen LogP contribution in [0.25, 0.3) is 54.8 Å². The summed E-state index contributed by atoms with van der Waals surface area (Å²) < 4.78 is 4.88. The van der Waals surface area contributed by atoms with Crippen LogP contribution in [0.3, 0.4) is 0 Å². The summed E-state index contributed by atoms with van der Waals surface area (Å²) in [4.78, 5) is 4.93. The maximum Gasteiger partial charge on any atom is 0.212 e. The lowest BCUT2D eigenvalue weighted by Gasteiger charge is -2.05. The van der Waals surface area contributed by atoms with Crippen molar-refractivity contribution in [2.24, 2.45) is 0 Å². The number of fused-ring (bicyclic) bond motifs is 1. The molecule has 0 unspecified atom stereocenters. The van der Waals surface area contributed by atoms with Crippen LogP contribution in [-0.2, 0) is 0 Å². The fourth-order valence-corrected chi connectivity index (χ4v) is 5.85. The molecule has 5 nitrogen and oxygen atoms in total. The van der Waals surface area contributed by atoms with Crippen LogP contribution in [0, 0.1) is 6.92 Å². The van der Waals surface area contributed by atoms with E-state index >= 15 is 0 Å². The largest absolute Gasteiger partial charge is 0.240 e. The molecule has 0 fully saturated rings. The second-order valence-corrected chi connectivity index (χ2v) is 10.8. The van der Waals surface area contributed by atoms with E-state index in [2.05, 4.69) is 67.7 Å². The minimum Gasteiger partial charge on any atom is -0.240 e. The van der Waals surface area contributed by atoms with E-state index in [1.54, 1.807) is 11.3 Å². The molecule has 7 heteroatoms. The number of aryl methyl sites for hydroxylation is 1. The zero-order valence-electron chi connectivity index (χ0n) is 21.0. The summed E-state index contributed by atoms with van der Waals surface area (Å²) in [5, 5.41) is 11.6. The zero-order valence-corrected chi connectivity index (χ0v) is 22.6. The maximum atomic E-state index is 6.29. The van der Waals surface area contributed by atoms with E-state index in [1.165, 1.54) is 5.56 Å². The highest BCUT2D eigenvalue weighted by Crippen LogP contribution is 2.37. The Labute approximate surface area is 234 Å². The molecule has 0 spiro atoms. The molecule has 0 radical (unpaired) electrons. The fraction of sp³-hybridized carbons (Fsp3) is 0.0312. The molecule has 3 aromatic heterocycles. The number of hydrogen-bond acceptors (Lipinski definition) is 4. The van der Waals surface area contributed by atoms with Gasteiger partial charge < -0.3 is 0 Å². The Balaban J connectivity index is 1.48. The molecule has 0 aliphatic carbocycles. The molecule has 0 saturated heterocycles. The first-order valence-electron chi connectivity index (χ1n) is 12.6. The smallest absolute Gasteiger partial charge is 0.212 e.